The Labute approximate surface area is 133 Å². The number of rotatable bonds is 4. The minimum Gasteiger partial charge on any atom is -0.495 e. The van der Waals surface area contributed by atoms with Crippen LogP contribution in [0.2, 0.25) is 5.02 Å². The highest BCUT2D eigenvalue weighted by Crippen LogP contribution is 2.36. The van der Waals surface area contributed by atoms with Crippen molar-refractivity contribution in [2.24, 2.45) is 0 Å². The number of halogens is 1. The molecule has 2 aromatic carbocycles. The first-order valence-corrected chi connectivity index (χ1v) is 6.89. The SMILES string of the molecule is COc1cc(OC)c(NC(=O)c2ccc(S)cc2)cc1Cl. The number of amides is 1. The minimum atomic E-state index is -0.261. The van der Waals surface area contributed by atoms with E-state index in [1.807, 2.05) is 0 Å². The maximum Gasteiger partial charge on any atom is 0.255 e. The number of thiol groups is 1. The lowest BCUT2D eigenvalue weighted by Crippen LogP contribution is -2.12. The summed E-state index contributed by atoms with van der Waals surface area (Å²) in [4.78, 5) is 13.0. The van der Waals surface area contributed by atoms with E-state index in [0.717, 1.165) is 4.90 Å². The fourth-order valence-electron chi connectivity index (χ4n) is 1.77. The summed E-state index contributed by atoms with van der Waals surface area (Å²) < 4.78 is 10.3. The van der Waals surface area contributed by atoms with Crippen LogP contribution in [0.3, 0.4) is 0 Å². The molecule has 0 aromatic heterocycles. The van der Waals surface area contributed by atoms with Crippen LogP contribution >= 0.6 is 24.2 Å². The molecular formula is C15H14ClNO3S. The van der Waals surface area contributed by atoms with Gasteiger partial charge in [0.25, 0.3) is 5.91 Å². The molecule has 2 aromatic rings. The number of methoxy groups -OCH3 is 2. The quantitative estimate of drug-likeness (QED) is 0.839. The smallest absolute Gasteiger partial charge is 0.255 e. The van der Waals surface area contributed by atoms with E-state index in [1.54, 1.807) is 36.4 Å². The van der Waals surface area contributed by atoms with E-state index >= 15 is 0 Å². The van der Waals surface area contributed by atoms with Crippen molar-refractivity contribution >= 4 is 35.8 Å². The number of ether oxygens (including phenoxy) is 2. The molecule has 6 heteroatoms. The first kappa shape index (κ1) is 15.5. The van der Waals surface area contributed by atoms with Crippen LogP contribution < -0.4 is 14.8 Å². The number of carbonyl (C=O) groups is 1. The van der Waals surface area contributed by atoms with Gasteiger partial charge in [-0.25, -0.2) is 0 Å². The van der Waals surface area contributed by atoms with Crippen LogP contribution in [0.5, 0.6) is 11.5 Å². The van der Waals surface area contributed by atoms with Crippen LogP contribution in [0.25, 0.3) is 0 Å². The minimum absolute atomic E-state index is 0.261. The first-order valence-electron chi connectivity index (χ1n) is 6.07. The molecule has 0 radical (unpaired) electrons. The summed E-state index contributed by atoms with van der Waals surface area (Å²) in [5.41, 5.74) is 0.991. The highest BCUT2D eigenvalue weighted by Gasteiger charge is 2.13. The predicted molar refractivity (Wildman–Crippen MR) is 86.2 cm³/mol. The average molecular weight is 324 g/mol. The first-order chi connectivity index (χ1) is 10.0. The van der Waals surface area contributed by atoms with Crippen LogP contribution in [0.1, 0.15) is 10.4 Å². The molecule has 0 bridgehead atoms. The molecule has 0 fully saturated rings. The lowest BCUT2D eigenvalue weighted by Gasteiger charge is -2.13. The van der Waals surface area contributed by atoms with Gasteiger partial charge in [0.2, 0.25) is 0 Å². The zero-order valence-electron chi connectivity index (χ0n) is 11.5. The zero-order valence-corrected chi connectivity index (χ0v) is 13.2. The van der Waals surface area contributed by atoms with Crippen molar-refractivity contribution in [2.75, 3.05) is 19.5 Å². The molecule has 2 rings (SSSR count). The average Bonchev–Trinajstić information content (AvgIpc) is 2.48. The van der Waals surface area contributed by atoms with E-state index in [9.17, 15) is 4.79 Å². The second kappa shape index (κ2) is 6.74. The molecule has 0 aliphatic carbocycles. The van der Waals surface area contributed by atoms with Gasteiger partial charge in [-0.3, -0.25) is 4.79 Å². The third kappa shape index (κ3) is 3.62. The number of nitrogens with one attached hydrogen (secondary N) is 1. The molecule has 1 amide bonds. The largest absolute Gasteiger partial charge is 0.495 e. The van der Waals surface area contributed by atoms with Gasteiger partial charge in [-0.2, -0.15) is 0 Å². The Morgan fingerprint density at radius 3 is 2.29 bits per heavy atom. The van der Waals surface area contributed by atoms with Crippen molar-refractivity contribution in [2.45, 2.75) is 4.90 Å². The third-order valence-electron chi connectivity index (χ3n) is 2.85. The van der Waals surface area contributed by atoms with E-state index < -0.39 is 0 Å². The molecule has 0 spiro atoms. The van der Waals surface area contributed by atoms with Crippen LogP contribution in [0.15, 0.2) is 41.3 Å². The van der Waals surface area contributed by atoms with Gasteiger partial charge in [0.1, 0.15) is 11.5 Å². The van der Waals surface area contributed by atoms with Crippen molar-refractivity contribution in [1.82, 2.24) is 0 Å². The van der Waals surface area contributed by atoms with Gasteiger partial charge in [-0.1, -0.05) is 11.6 Å². The predicted octanol–water partition coefficient (Wildman–Crippen LogP) is 3.90. The monoisotopic (exact) mass is 323 g/mol. The Kier molecular flexibility index (Phi) is 4.98. The van der Waals surface area contributed by atoms with Gasteiger partial charge in [-0.15, -0.1) is 12.6 Å². The van der Waals surface area contributed by atoms with Crippen LogP contribution in [0.4, 0.5) is 5.69 Å². The topological polar surface area (TPSA) is 47.6 Å². The molecule has 21 heavy (non-hydrogen) atoms. The molecule has 1 N–H and O–H groups in total. The Morgan fingerprint density at radius 1 is 1.10 bits per heavy atom. The summed E-state index contributed by atoms with van der Waals surface area (Å²) in [6, 6.07) is 10.1. The lowest BCUT2D eigenvalue weighted by molar-refractivity contribution is 0.102. The molecule has 0 heterocycles. The van der Waals surface area contributed by atoms with E-state index in [-0.39, 0.29) is 5.91 Å². The van der Waals surface area contributed by atoms with Gasteiger partial charge >= 0.3 is 0 Å². The van der Waals surface area contributed by atoms with Gasteiger partial charge in [0, 0.05) is 16.5 Å². The normalized spacial score (nSPS) is 10.1. The highest BCUT2D eigenvalue weighted by atomic mass is 35.5. The molecule has 0 unspecified atom stereocenters. The van der Waals surface area contributed by atoms with Gasteiger partial charge in [0.15, 0.2) is 0 Å². The molecule has 0 saturated carbocycles. The van der Waals surface area contributed by atoms with Crippen molar-refractivity contribution in [3.63, 3.8) is 0 Å². The van der Waals surface area contributed by atoms with Gasteiger partial charge in [0.05, 0.1) is 24.9 Å². The fraction of sp³-hybridized carbons (Fsp3) is 0.133. The van der Waals surface area contributed by atoms with Crippen molar-refractivity contribution in [1.29, 1.82) is 0 Å². The number of benzene rings is 2. The maximum atomic E-state index is 12.2. The second-order valence-corrected chi connectivity index (χ2v) is 5.11. The van der Waals surface area contributed by atoms with Gasteiger partial charge < -0.3 is 14.8 Å². The Hall–Kier alpha value is -1.85. The summed E-state index contributed by atoms with van der Waals surface area (Å²) in [5, 5.41) is 3.15. The van der Waals surface area contributed by atoms with E-state index in [4.69, 9.17) is 21.1 Å². The highest BCUT2D eigenvalue weighted by molar-refractivity contribution is 7.80. The molecule has 0 aliphatic heterocycles. The molecule has 4 nitrogen and oxygen atoms in total. The zero-order chi connectivity index (χ0) is 15.4. The number of hydrogen-bond donors (Lipinski definition) is 2. The van der Waals surface area contributed by atoms with E-state index in [0.29, 0.717) is 27.8 Å². The third-order valence-corrected chi connectivity index (χ3v) is 3.45. The van der Waals surface area contributed by atoms with Crippen LogP contribution in [-0.4, -0.2) is 20.1 Å². The number of hydrogen-bond acceptors (Lipinski definition) is 4. The van der Waals surface area contributed by atoms with E-state index in [2.05, 4.69) is 17.9 Å². The lowest BCUT2D eigenvalue weighted by atomic mass is 10.2. The standard InChI is InChI=1S/C15H14ClNO3S/c1-19-13-8-14(20-2)12(7-11(13)16)17-15(18)9-3-5-10(21)6-4-9/h3-8,21H,1-2H3,(H,17,18). The molecule has 0 aliphatic rings. The summed E-state index contributed by atoms with van der Waals surface area (Å²) >= 11 is 10.2. The summed E-state index contributed by atoms with van der Waals surface area (Å²) in [6.45, 7) is 0. The molecule has 110 valence electrons. The van der Waals surface area contributed by atoms with Crippen LogP contribution in [-0.2, 0) is 0 Å². The van der Waals surface area contributed by atoms with Crippen molar-refractivity contribution in [3.05, 3.63) is 47.0 Å². The van der Waals surface area contributed by atoms with E-state index in [1.165, 1.54) is 14.2 Å². The number of anilines is 1. The fourth-order valence-corrected chi connectivity index (χ4v) is 2.15. The molecular weight excluding hydrogens is 310 g/mol. The Balaban J connectivity index is 2.28. The van der Waals surface area contributed by atoms with Crippen LogP contribution in [0, 0.1) is 0 Å². The Bertz CT molecular complexity index is 659. The summed E-state index contributed by atoms with van der Waals surface area (Å²) in [5.74, 6) is 0.684. The maximum absolute atomic E-state index is 12.2. The van der Waals surface area contributed by atoms with Crippen molar-refractivity contribution < 1.29 is 14.3 Å². The summed E-state index contributed by atoms with van der Waals surface area (Å²) in [6.07, 6.45) is 0. The summed E-state index contributed by atoms with van der Waals surface area (Å²) in [7, 11) is 3.02. The van der Waals surface area contributed by atoms with Gasteiger partial charge in [-0.05, 0) is 30.3 Å². The second-order valence-electron chi connectivity index (χ2n) is 4.19. The Morgan fingerprint density at radius 2 is 1.71 bits per heavy atom. The molecule has 0 saturated heterocycles. The van der Waals surface area contributed by atoms with Crippen molar-refractivity contribution in [3.8, 4) is 11.5 Å². The number of carbonyl (C=O) groups excluding carboxylic acids is 1. The molecule has 0 atom stereocenters.